The van der Waals surface area contributed by atoms with Crippen LogP contribution in [0.1, 0.15) is 26.7 Å². The van der Waals surface area contributed by atoms with Crippen LogP contribution >= 0.6 is 0 Å². The van der Waals surface area contributed by atoms with Crippen molar-refractivity contribution in [2.75, 3.05) is 13.2 Å². The van der Waals surface area contributed by atoms with Gasteiger partial charge in [-0.25, -0.2) is 0 Å². The zero-order valence-corrected chi connectivity index (χ0v) is 8.26. The molecule has 0 spiro atoms. The van der Waals surface area contributed by atoms with E-state index in [0.29, 0.717) is 0 Å². The lowest BCUT2D eigenvalue weighted by molar-refractivity contribution is 0.298. The second-order valence-corrected chi connectivity index (χ2v) is 3.33. The Labute approximate surface area is 73.7 Å². The first-order valence-electron chi connectivity index (χ1n) is 3.80. The van der Waals surface area contributed by atoms with Crippen LogP contribution in [0.2, 0.25) is 0 Å². The molecule has 0 radical (unpaired) electrons. The maximum absolute atomic E-state index is 9.72. The van der Waals surface area contributed by atoms with E-state index in [9.17, 15) is 8.42 Å². The molecule has 0 aliphatic heterocycles. The molecule has 0 saturated carbocycles. The van der Waals surface area contributed by atoms with Crippen LogP contribution in [0.15, 0.2) is 0 Å². The van der Waals surface area contributed by atoms with Gasteiger partial charge in [0.2, 0.25) is 0 Å². The second kappa shape index (κ2) is 8.92. The first-order valence-corrected chi connectivity index (χ1v) is 5.24. The predicted octanol–water partition coefficient (Wildman–Crippen LogP) is 0.177. The highest BCUT2D eigenvalue weighted by Gasteiger charge is 1.98. The van der Waals surface area contributed by atoms with Crippen molar-refractivity contribution in [1.82, 2.24) is 4.72 Å². The molecular weight excluding hydrogens is 182 g/mol. The summed E-state index contributed by atoms with van der Waals surface area (Å²) in [7, 11) is -4.10. The lowest BCUT2D eigenvalue weighted by Gasteiger charge is -1.93. The van der Waals surface area contributed by atoms with Gasteiger partial charge in [-0.05, 0) is 0 Å². The third-order valence-corrected chi connectivity index (χ3v) is 1.47. The molecule has 0 atom stereocenters. The zero-order chi connectivity index (χ0) is 10.0. The second-order valence-electron chi connectivity index (χ2n) is 2.09. The Kier molecular flexibility index (Phi) is 10.7. The smallest absolute Gasteiger partial charge is 0.333 e. The van der Waals surface area contributed by atoms with Crippen molar-refractivity contribution in [3.05, 3.63) is 0 Å². The topological polar surface area (TPSA) is 86.6 Å². The van der Waals surface area contributed by atoms with Crippen molar-refractivity contribution in [1.29, 1.82) is 0 Å². The van der Waals surface area contributed by atoms with Crippen LogP contribution in [0.4, 0.5) is 0 Å². The number of hydrogen-bond donors (Lipinski definition) is 3. The number of rotatable bonds is 4. The van der Waals surface area contributed by atoms with Gasteiger partial charge in [-0.15, -0.1) is 0 Å². The SMILES string of the molecule is CCCC.O=S(=O)(O)NCCO. The van der Waals surface area contributed by atoms with Gasteiger partial charge in [0.1, 0.15) is 0 Å². The van der Waals surface area contributed by atoms with Crippen LogP contribution in [0, 0.1) is 0 Å². The van der Waals surface area contributed by atoms with Gasteiger partial charge in [0.25, 0.3) is 0 Å². The monoisotopic (exact) mass is 199 g/mol. The number of aliphatic hydroxyl groups is 1. The number of hydrogen-bond acceptors (Lipinski definition) is 3. The Bertz CT molecular complexity index is 164. The van der Waals surface area contributed by atoms with Crippen molar-refractivity contribution in [3.8, 4) is 0 Å². The first kappa shape index (κ1) is 14.4. The van der Waals surface area contributed by atoms with E-state index in [1.807, 2.05) is 0 Å². The van der Waals surface area contributed by atoms with Gasteiger partial charge in [-0.1, -0.05) is 26.7 Å². The molecule has 0 fully saturated rings. The minimum absolute atomic E-state index is 0.154. The van der Waals surface area contributed by atoms with Crippen molar-refractivity contribution in [3.63, 3.8) is 0 Å². The summed E-state index contributed by atoms with van der Waals surface area (Å²) in [5.74, 6) is 0. The fourth-order valence-electron chi connectivity index (χ4n) is 0.175. The van der Waals surface area contributed by atoms with E-state index in [1.165, 1.54) is 12.8 Å². The first-order chi connectivity index (χ1) is 5.47. The molecule has 5 nitrogen and oxygen atoms in total. The van der Waals surface area contributed by atoms with Crippen LogP contribution in [-0.2, 0) is 10.3 Å². The quantitative estimate of drug-likeness (QED) is 0.564. The van der Waals surface area contributed by atoms with Crippen molar-refractivity contribution < 1.29 is 18.1 Å². The normalized spacial score (nSPS) is 10.3. The van der Waals surface area contributed by atoms with E-state index in [1.54, 1.807) is 4.72 Å². The van der Waals surface area contributed by atoms with Crippen molar-refractivity contribution in [2.24, 2.45) is 0 Å². The van der Waals surface area contributed by atoms with E-state index in [2.05, 4.69) is 13.8 Å². The molecule has 0 rings (SSSR count). The molecule has 0 unspecified atom stereocenters. The molecular formula is C6H17NO4S. The molecule has 12 heavy (non-hydrogen) atoms. The molecule has 0 aliphatic rings. The maximum Gasteiger partial charge on any atom is 0.333 e. The summed E-state index contributed by atoms with van der Waals surface area (Å²) in [5.41, 5.74) is 0. The van der Waals surface area contributed by atoms with Gasteiger partial charge in [0.15, 0.2) is 0 Å². The van der Waals surface area contributed by atoms with Crippen LogP contribution in [-0.4, -0.2) is 31.2 Å². The molecule has 0 aromatic carbocycles. The highest BCUT2D eigenvalue weighted by atomic mass is 32.2. The van der Waals surface area contributed by atoms with Gasteiger partial charge < -0.3 is 5.11 Å². The van der Waals surface area contributed by atoms with E-state index < -0.39 is 10.3 Å². The lowest BCUT2D eigenvalue weighted by atomic mass is 10.4. The third kappa shape index (κ3) is 22.5. The van der Waals surface area contributed by atoms with Gasteiger partial charge in [-0.2, -0.15) is 13.1 Å². The standard InChI is InChI=1S/C4H10.C2H7NO4S/c1-3-4-2;4-2-1-3-8(5,6)7/h3-4H2,1-2H3;3-4H,1-2H2,(H,5,6,7). The van der Waals surface area contributed by atoms with Gasteiger partial charge in [0, 0.05) is 6.54 Å². The minimum atomic E-state index is -4.10. The average Bonchev–Trinajstić information content (AvgIpc) is 2.00. The molecule has 76 valence electrons. The van der Waals surface area contributed by atoms with Crippen LogP contribution < -0.4 is 4.72 Å². The Morgan fingerprint density at radius 2 is 1.67 bits per heavy atom. The van der Waals surface area contributed by atoms with Gasteiger partial charge in [-0.3, -0.25) is 4.55 Å². The van der Waals surface area contributed by atoms with Crippen molar-refractivity contribution >= 4 is 10.3 Å². The molecule has 0 bridgehead atoms. The molecule has 6 heteroatoms. The summed E-state index contributed by atoms with van der Waals surface area (Å²) in [6.07, 6.45) is 2.64. The minimum Gasteiger partial charge on any atom is -0.395 e. The van der Waals surface area contributed by atoms with Gasteiger partial charge >= 0.3 is 10.3 Å². The van der Waals surface area contributed by atoms with E-state index in [0.717, 1.165) is 0 Å². The summed E-state index contributed by atoms with van der Waals surface area (Å²) in [6, 6.07) is 0. The van der Waals surface area contributed by atoms with Crippen LogP contribution in [0.25, 0.3) is 0 Å². The van der Waals surface area contributed by atoms with Crippen molar-refractivity contribution in [2.45, 2.75) is 26.7 Å². The highest BCUT2D eigenvalue weighted by Crippen LogP contribution is 1.76. The molecule has 0 heterocycles. The zero-order valence-electron chi connectivity index (χ0n) is 7.45. The van der Waals surface area contributed by atoms with Crippen LogP contribution in [0.5, 0.6) is 0 Å². The maximum atomic E-state index is 9.72. The summed E-state index contributed by atoms with van der Waals surface area (Å²) in [6.45, 7) is 3.89. The Morgan fingerprint density at radius 3 is 1.75 bits per heavy atom. The summed E-state index contributed by atoms with van der Waals surface area (Å²) < 4.78 is 29.0. The summed E-state index contributed by atoms with van der Waals surface area (Å²) >= 11 is 0. The lowest BCUT2D eigenvalue weighted by Crippen LogP contribution is -2.25. The summed E-state index contributed by atoms with van der Waals surface area (Å²) in [5, 5.41) is 7.99. The van der Waals surface area contributed by atoms with Gasteiger partial charge in [0.05, 0.1) is 6.61 Å². The van der Waals surface area contributed by atoms with E-state index in [4.69, 9.17) is 9.66 Å². The molecule has 0 aromatic rings. The largest absolute Gasteiger partial charge is 0.395 e. The molecule has 0 aliphatic carbocycles. The number of aliphatic hydroxyl groups excluding tert-OH is 1. The van der Waals surface area contributed by atoms with Crippen LogP contribution in [0.3, 0.4) is 0 Å². The fraction of sp³-hybridized carbons (Fsp3) is 1.00. The molecule has 0 saturated heterocycles. The number of nitrogens with one attached hydrogen (secondary N) is 1. The third-order valence-electron chi connectivity index (χ3n) is 0.896. The highest BCUT2D eigenvalue weighted by molar-refractivity contribution is 7.83. The molecule has 0 aromatic heterocycles. The fourth-order valence-corrected chi connectivity index (χ4v) is 0.524. The average molecular weight is 199 g/mol. The van der Waals surface area contributed by atoms with E-state index in [-0.39, 0.29) is 13.2 Å². The summed E-state index contributed by atoms with van der Waals surface area (Å²) in [4.78, 5) is 0. The predicted molar refractivity (Wildman–Crippen MR) is 47.2 cm³/mol. The Balaban J connectivity index is 0. The Morgan fingerprint density at radius 1 is 1.25 bits per heavy atom. The molecule has 3 N–H and O–H groups in total. The number of unbranched alkanes of at least 4 members (excludes halogenated alkanes) is 1. The Hall–Kier alpha value is -0.170. The van der Waals surface area contributed by atoms with E-state index >= 15 is 0 Å². The molecule has 0 amide bonds.